The zero-order valence-corrected chi connectivity index (χ0v) is 9.60. The molecule has 4 nitrogen and oxygen atoms in total. The predicted molar refractivity (Wildman–Crippen MR) is 65.8 cm³/mol. The van der Waals surface area contributed by atoms with Crippen LogP contribution in [0, 0.1) is 5.92 Å². The molecule has 2 heterocycles. The van der Waals surface area contributed by atoms with Crippen molar-refractivity contribution < 1.29 is 4.79 Å². The van der Waals surface area contributed by atoms with Gasteiger partial charge in [-0.25, -0.2) is 4.52 Å². The van der Waals surface area contributed by atoms with Crippen molar-refractivity contribution >= 4 is 17.1 Å². The van der Waals surface area contributed by atoms with Crippen molar-refractivity contribution in [3.8, 4) is 0 Å². The summed E-state index contributed by atoms with van der Waals surface area (Å²) in [6.07, 6.45) is 8.03. The van der Waals surface area contributed by atoms with Crippen molar-refractivity contribution in [3.63, 3.8) is 0 Å². The van der Waals surface area contributed by atoms with E-state index in [1.54, 1.807) is 10.7 Å². The van der Waals surface area contributed by atoms with Crippen LogP contribution in [0.3, 0.4) is 0 Å². The smallest absolute Gasteiger partial charge is 0.227 e. The minimum Gasteiger partial charge on any atom is -0.326 e. The van der Waals surface area contributed by atoms with Crippen LogP contribution >= 0.6 is 0 Å². The van der Waals surface area contributed by atoms with Crippen LogP contribution < -0.4 is 5.32 Å². The van der Waals surface area contributed by atoms with Crippen molar-refractivity contribution in [2.45, 2.75) is 25.7 Å². The standard InChI is InChI=1S/C13H15N3O/c17-13(10-3-1-2-4-10)15-11-6-8-16-12(9-11)5-7-14-16/h5-10H,1-4H2,(H,15,17). The lowest BCUT2D eigenvalue weighted by atomic mass is 10.1. The minimum absolute atomic E-state index is 0.159. The second-order valence-corrected chi connectivity index (χ2v) is 4.59. The van der Waals surface area contributed by atoms with Gasteiger partial charge in [-0.05, 0) is 31.0 Å². The fourth-order valence-corrected chi connectivity index (χ4v) is 2.43. The summed E-state index contributed by atoms with van der Waals surface area (Å²) in [5.41, 5.74) is 1.85. The summed E-state index contributed by atoms with van der Waals surface area (Å²) >= 11 is 0. The zero-order valence-electron chi connectivity index (χ0n) is 9.60. The summed E-state index contributed by atoms with van der Waals surface area (Å²) in [6, 6.07) is 5.75. The number of nitrogens with zero attached hydrogens (tertiary/aromatic N) is 2. The molecule has 1 N–H and O–H groups in total. The van der Waals surface area contributed by atoms with E-state index in [9.17, 15) is 4.79 Å². The van der Waals surface area contributed by atoms with Crippen LogP contribution in [0.4, 0.5) is 5.69 Å². The highest BCUT2D eigenvalue weighted by atomic mass is 16.1. The topological polar surface area (TPSA) is 46.4 Å². The molecule has 1 fully saturated rings. The van der Waals surface area contributed by atoms with Gasteiger partial charge < -0.3 is 5.32 Å². The number of pyridine rings is 1. The van der Waals surface area contributed by atoms with Gasteiger partial charge >= 0.3 is 0 Å². The molecule has 2 aromatic heterocycles. The van der Waals surface area contributed by atoms with Gasteiger partial charge in [-0.15, -0.1) is 0 Å². The number of aromatic nitrogens is 2. The fourth-order valence-electron chi connectivity index (χ4n) is 2.43. The molecule has 0 atom stereocenters. The van der Waals surface area contributed by atoms with Gasteiger partial charge in [-0.3, -0.25) is 4.79 Å². The molecule has 4 heteroatoms. The van der Waals surface area contributed by atoms with Crippen LogP contribution in [0.1, 0.15) is 25.7 Å². The lowest BCUT2D eigenvalue weighted by Gasteiger charge is -2.10. The average molecular weight is 229 g/mol. The van der Waals surface area contributed by atoms with Gasteiger partial charge in [0, 0.05) is 24.0 Å². The van der Waals surface area contributed by atoms with Gasteiger partial charge in [0.05, 0.1) is 5.52 Å². The third kappa shape index (κ3) is 2.02. The monoisotopic (exact) mass is 229 g/mol. The van der Waals surface area contributed by atoms with Crippen molar-refractivity contribution in [2.24, 2.45) is 5.92 Å². The maximum atomic E-state index is 12.0. The molecule has 0 aromatic carbocycles. The van der Waals surface area contributed by atoms with Gasteiger partial charge in [-0.1, -0.05) is 12.8 Å². The summed E-state index contributed by atoms with van der Waals surface area (Å²) in [7, 11) is 0. The largest absolute Gasteiger partial charge is 0.326 e. The Morgan fingerprint density at radius 3 is 3.00 bits per heavy atom. The van der Waals surface area contributed by atoms with Gasteiger partial charge in [0.1, 0.15) is 0 Å². The minimum atomic E-state index is 0.159. The number of carbonyl (C=O) groups is 1. The third-order valence-corrected chi connectivity index (χ3v) is 3.39. The molecule has 1 saturated carbocycles. The first-order chi connectivity index (χ1) is 8.33. The Kier molecular flexibility index (Phi) is 2.55. The molecule has 0 bridgehead atoms. The van der Waals surface area contributed by atoms with Gasteiger partial charge in [-0.2, -0.15) is 5.10 Å². The molecular weight excluding hydrogens is 214 g/mol. The Balaban J connectivity index is 1.77. The molecule has 1 aliphatic rings. The fraction of sp³-hybridized carbons (Fsp3) is 0.385. The lowest BCUT2D eigenvalue weighted by molar-refractivity contribution is -0.119. The first kappa shape index (κ1) is 10.3. The molecule has 17 heavy (non-hydrogen) atoms. The number of carbonyl (C=O) groups excluding carboxylic acids is 1. The number of anilines is 1. The van der Waals surface area contributed by atoms with Crippen LogP contribution in [-0.2, 0) is 4.79 Å². The van der Waals surface area contributed by atoms with E-state index in [0.717, 1.165) is 24.0 Å². The van der Waals surface area contributed by atoms with E-state index in [-0.39, 0.29) is 11.8 Å². The molecule has 3 rings (SSSR count). The summed E-state index contributed by atoms with van der Waals surface area (Å²) in [6.45, 7) is 0. The number of hydrogen-bond acceptors (Lipinski definition) is 2. The van der Waals surface area contributed by atoms with E-state index < -0.39 is 0 Å². The Bertz CT molecular complexity index is 540. The predicted octanol–water partition coefficient (Wildman–Crippen LogP) is 2.46. The first-order valence-electron chi connectivity index (χ1n) is 6.07. The quantitative estimate of drug-likeness (QED) is 0.859. The van der Waals surface area contributed by atoms with Crippen molar-refractivity contribution in [1.82, 2.24) is 9.61 Å². The SMILES string of the molecule is O=C(Nc1ccn2nccc2c1)C1CCCC1. The maximum Gasteiger partial charge on any atom is 0.227 e. The lowest BCUT2D eigenvalue weighted by Crippen LogP contribution is -2.20. The second kappa shape index (κ2) is 4.20. The zero-order chi connectivity index (χ0) is 11.7. The summed E-state index contributed by atoms with van der Waals surface area (Å²) in [5, 5.41) is 7.11. The number of fused-ring (bicyclic) bond motifs is 1. The van der Waals surface area contributed by atoms with E-state index in [1.165, 1.54) is 12.8 Å². The molecule has 0 unspecified atom stereocenters. The molecule has 1 aliphatic carbocycles. The Hall–Kier alpha value is -1.84. The number of rotatable bonds is 2. The Labute approximate surface area is 99.6 Å². The van der Waals surface area contributed by atoms with Crippen molar-refractivity contribution in [2.75, 3.05) is 5.32 Å². The second-order valence-electron chi connectivity index (χ2n) is 4.59. The first-order valence-corrected chi connectivity index (χ1v) is 6.07. The van der Waals surface area contributed by atoms with Gasteiger partial charge in [0.25, 0.3) is 0 Å². The summed E-state index contributed by atoms with van der Waals surface area (Å²) in [5.74, 6) is 0.363. The van der Waals surface area contributed by atoms with Crippen LogP contribution in [0.2, 0.25) is 0 Å². The van der Waals surface area contributed by atoms with E-state index in [1.807, 2.05) is 24.4 Å². The van der Waals surface area contributed by atoms with E-state index in [2.05, 4.69) is 10.4 Å². The number of amides is 1. The highest BCUT2D eigenvalue weighted by molar-refractivity contribution is 5.93. The van der Waals surface area contributed by atoms with Gasteiger partial charge in [0.15, 0.2) is 0 Å². The van der Waals surface area contributed by atoms with E-state index in [4.69, 9.17) is 0 Å². The molecule has 0 aliphatic heterocycles. The molecule has 0 saturated heterocycles. The Morgan fingerprint density at radius 2 is 2.18 bits per heavy atom. The van der Waals surface area contributed by atoms with Crippen molar-refractivity contribution in [1.29, 1.82) is 0 Å². The normalized spacial score (nSPS) is 16.5. The average Bonchev–Trinajstić information content (AvgIpc) is 2.99. The Morgan fingerprint density at radius 1 is 1.35 bits per heavy atom. The van der Waals surface area contributed by atoms with E-state index in [0.29, 0.717) is 0 Å². The van der Waals surface area contributed by atoms with Crippen LogP contribution in [0.25, 0.3) is 5.52 Å². The highest BCUT2D eigenvalue weighted by Gasteiger charge is 2.22. The highest BCUT2D eigenvalue weighted by Crippen LogP contribution is 2.26. The number of hydrogen-bond donors (Lipinski definition) is 1. The summed E-state index contributed by atoms with van der Waals surface area (Å²) < 4.78 is 1.78. The molecule has 1 amide bonds. The van der Waals surface area contributed by atoms with Crippen LogP contribution in [0.5, 0.6) is 0 Å². The molecule has 0 radical (unpaired) electrons. The number of nitrogens with one attached hydrogen (secondary N) is 1. The van der Waals surface area contributed by atoms with Crippen molar-refractivity contribution in [3.05, 3.63) is 30.6 Å². The summed E-state index contributed by atoms with van der Waals surface area (Å²) in [4.78, 5) is 12.0. The van der Waals surface area contributed by atoms with Crippen LogP contribution in [-0.4, -0.2) is 15.5 Å². The molecular formula is C13H15N3O. The van der Waals surface area contributed by atoms with E-state index >= 15 is 0 Å². The molecule has 2 aromatic rings. The van der Waals surface area contributed by atoms with Crippen LogP contribution in [0.15, 0.2) is 30.6 Å². The molecule has 88 valence electrons. The third-order valence-electron chi connectivity index (χ3n) is 3.39. The maximum absolute atomic E-state index is 12.0. The molecule has 0 spiro atoms. The van der Waals surface area contributed by atoms with Gasteiger partial charge in [0.2, 0.25) is 5.91 Å².